The van der Waals surface area contributed by atoms with E-state index in [4.69, 9.17) is 14.6 Å². The molecule has 5 atom stereocenters. The van der Waals surface area contributed by atoms with Gasteiger partial charge in [0.05, 0.1) is 25.6 Å². The molecule has 0 aromatic carbocycles. The lowest BCUT2D eigenvalue weighted by Crippen LogP contribution is -2.46. The van der Waals surface area contributed by atoms with Gasteiger partial charge in [-0.1, -0.05) is 13.8 Å². The summed E-state index contributed by atoms with van der Waals surface area (Å²) in [5.41, 5.74) is 2.05. The highest BCUT2D eigenvalue weighted by Crippen LogP contribution is 2.31. The van der Waals surface area contributed by atoms with Crippen molar-refractivity contribution in [3.05, 3.63) is 18.6 Å². The third-order valence-electron chi connectivity index (χ3n) is 6.53. The molecule has 34 heavy (non-hydrogen) atoms. The lowest BCUT2D eigenvalue weighted by atomic mass is 9.94. The van der Waals surface area contributed by atoms with E-state index in [1.807, 2.05) is 4.90 Å². The van der Waals surface area contributed by atoms with Crippen LogP contribution in [0.15, 0.2) is 18.6 Å². The molecule has 0 aliphatic carbocycles. The highest BCUT2D eigenvalue weighted by molar-refractivity contribution is 7.79. The zero-order valence-corrected chi connectivity index (χ0v) is 20.1. The standard InChI is InChI=1S/C21H30N8O4S/c1-13-10-28(12-34(30)31)5-3-16(13)25-21-26-18-9-22-19(15-7-23-24-8-15)20(29(18)27-21)33-17-4-6-32-11-14(17)2/h7-9,13-14,16-17H,3-6,10-12H2,1-2H3,(H,23,24)(H,25,27)(H,30,31)/t13-,14?,16+,17?/m1/s1. The first-order valence-corrected chi connectivity index (χ1v) is 12.8. The predicted octanol–water partition coefficient (Wildman–Crippen LogP) is 1.62. The normalized spacial score (nSPS) is 27.0. The van der Waals surface area contributed by atoms with Crippen LogP contribution in [0, 0.1) is 11.8 Å². The van der Waals surface area contributed by atoms with Crippen molar-refractivity contribution in [1.29, 1.82) is 0 Å². The molecular formula is C21H30N8O4S. The van der Waals surface area contributed by atoms with Gasteiger partial charge in [0.15, 0.2) is 16.7 Å². The molecular weight excluding hydrogens is 460 g/mol. The van der Waals surface area contributed by atoms with Gasteiger partial charge >= 0.3 is 0 Å². The van der Waals surface area contributed by atoms with E-state index in [0.717, 1.165) is 31.5 Å². The van der Waals surface area contributed by atoms with Gasteiger partial charge in [-0.05, 0) is 12.3 Å². The highest BCUT2D eigenvalue weighted by Gasteiger charge is 2.29. The second-order valence-corrected chi connectivity index (χ2v) is 10.0. The molecule has 0 spiro atoms. The number of ether oxygens (including phenoxy) is 2. The first kappa shape index (κ1) is 23.1. The molecule has 0 amide bonds. The third-order valence-corrected chi connectivity index (χ3v) is 7.12. The molecule has 184 valence electrons. The maximum absolute atomic E-state index is 11.2. The second kappa shape index (κ2) is 9.94. The summed E-state index contributed by atoms with van der Waals surface area (Å²) in [7, 11) is 0. The van der Waals surface area contributed by atoms with Crippen molar-refractivity contribution in [3.63, 3.8) is 0 Å². The van der Waals surface area contributed by atoms with Crippen LogP contribution < -0.4 is 10.1 Å². The summed E-state index contributed by atoms with van der Waals surface area (Å²) in [4.78, 5) is 11.3. The van der Waals surface area contributed by atoms with Gasteiger partial charge in [-0.3, -0.25) is 10.00 Å². The van der Waals surface area contributed by atoms with E-state index in [1.54, 1.807) is 23.1 Å². The number of hydrogen-bond donors (Lipinski definition) is 3. The molecule has 3 aromatic heterocycles. The van der Waals surface area contributed by atoms with Crippen molar-refractivity contribution in [2.75, 3.05) is 37.5 Å². The summed E-state index contributed by atoms with van der Waals surface area (Å²) in [6.07, 6.45) is 6.77. The number of aromatic nitrogens is 6. The third kappa shape index (κ3) is 4.92. The number of likely N-dealkylation sites (tertiary alicyclic amines) is 1. The molecule has 13 heteroatoms. The summed E-state index contributed by atoms with van der Waals surface area (Å²) >= 11 is -1.82. The zero-order chi connectivity index (χ0) is 23.7. The SMILES string of the molecule is CC1COCCC1Oc1c(-c2cn[nH]c2)ncc2nc(N[C@H]3CCN(CS(=O)O)C[C@H]3C)nn12. The zero-order valence-electron chi connectivity index (χ0n) is 19.3. The molecule has 0 radical (unpaired) electrons. The molecule has 5 rings (SSSR count). The Kier molecular flexibility index (Phi) is 6.77. The molecule has 0 saturated carbocycles. The summed E-state index contributed by atoms with van der Waals surface area (Å²) in [6.45, 7) is 7.02. The van der Waals surface area contributed by atoms with E-state index in [0.29, 0.717) is 36.4 Å². The highest BCUT2D eigenvalue weighted by atomic mass is 32.2. The van der Waals surface area contributed by atoms with Gasteiger partial charge in [-0.2, -0.15) is 14.6 Å². The van der Waals surface area contributed by atoms with Crippen molar-refractivity contribution in [1.82, 2.24) is 34.7 Å². The fourth-order valence-corrected chi connectivity index (χ4v) is 5.19. The summed E-state index contributed by atoms with van der Waals surface area (Å²) in [5.74, 6) is 1.72. The van der Waals surface area contributed by atoms with Gasteiger partial charge in [-0.25, -0.2) is 9.19 Å². The minimum atomic E-state index is -1.82. The van der Waals surface area contributed by atoms with Crippen molar-refractivity contribution >= 4 is 22.7 Å². The lowest BCUT2D eigenvalue weighted by Gasteiger charge is -2.36. The van der Waals surface area contributed by atoms with E-state index in [9.17, 15) is 8.76 Å². The van der Waals surface area contributed by atoms with Crippen LogP contribution in [0.5, 0.6) is 5.88 Å². The Morgan fingerprint density at radius 2 is 2.21 bits per heavy atom. The Morgan fingerprint density at radius 1 is 1.32 bits per heavy atom. The minimum absolute atomic E-state index is 0.0196. The first-order valence-electron chi connectivity index (χ1n) is 11.5. The molecule has 3 aromatic rings. The van der Waals surface area contributed by atoms with E-state index in [1.165, 1.54) is 0 Å². The van der Waals surface area contributed by atoms with Crippen LogP contribution in [0.2, 0.25) is 0 Å². The molecule has 12 nitrogen and oxygen atoms in total. The number of hydrogen-bond acceptors (Lipinski definition) is 9. The Bertz CT molecular complexity index is 1140. The molecule has 3 unspecified atom stereocenters. The van der Waals surface area contributed by atoms with Gasteiger partial charge in [0, 0.05) is 43.2 Å². The number of anilines is 1. The number of piperidine rings is 1. The number of rotatable bonds is 7. The molecule has 2 saturated heterocycles. The largest absolute Gasteiger partial charge is 0.472 e. The molecule has 3 N–H and O–H groups in total. The second-order valence-electron chi connectivity index (χ2n) is 9.15. The van der Waals surface area contributed by atoms with E-state index < -0.39 is 11.1 Å². The van der Waals surface area contributed by atoms with Gasteiger partial charge in [-0.15, -0.1) is 5.10 Å². The fraction of sp³-hybridized carbons (Fsp3) is 0.619. The quantitative estimate of drug-likeness (QED) is 0.418. The number of fused-ring (bicyclic) bond motifs is 1. The summed E-state index contributed by atoms with van der Waals surface area (Å²) < 4.78 is 34.1. The van der Waals surface area contributed by atoms with Crippen molar-refractivity contribution in [2.45, 2.75) is 38.8 Å². The van der Waals surface area contributed by atoms with Crippen molar-refractivity contribution in [3.8, 4) is 17.1 Å². The monoisotopic (exact) mass is 490 g/mol. The van der Waals surface area contributed by atoms with E-state index >= 15 is 0 Å². The Morgan fingerprint density at radius 3 is 2.94 bits per heavy atom. The van der Waals surface area contributed by atoms with Gasteiger partial charge in [0.25, 0.3) is 0 Å². The summed E-state index contributed by atoms with van der Waals surface area (Å²) in [5, 5.41) is 15.1. The number of nitrogens with one attached hydrogen (secondary N) is 2. The topological polar surface area (TPSA) is 143 Å². The predicted molar refractivity (Wildman–Crippen MR) is 126 cm³/mol. The Balaban J connectivity index is 1.41. The van der Waals surface area contributed by atoms with Crippen LogP contribution in [0.4, 0.5) is 5.95 Å². The smallest absolute Gasteiger partial charge is 0.244 e. The van der Waals surface area contributed by atoms with Gasteiger partial charge in [0.1, 0.15) is 17.7 Å². The lowest BCUT2D eigenvalue weighted by molar-refractivity contribution is -0.0187. The van der Waals surface area contributed by atoms with Crippen molar-refractivity contribution < 1.29 is 18.2 Å². The minimum Gasteiger partial charge on any atom is -0.472 e. The molecule has 0 bridgehead atoms. The summed E-state index contributed by atoms with van der Waals surface area (Å²) in [6, 6.07) is 0.155. The molecule has 2 aliphatic heterocycles. The number of aromatic amines is 1. The molecule has 2 aliphatic rings. The van der Waals surface area contributed by atoms with Crippen LogP contribution in [0.3, 0.4) is 0 Å². The van der Waals surface area contributed by atoms with Crippen LogP contribution >= 0.6 is 0 Å². The van der Waals surface area contributed by atoms with Crippen LogP contribution in [0.1, 0.15) is 26.7 Å². The maximum atomic E-state index is 11.2. The van der Waals surface area contributed by atoms with E-state index in [2.05, 4.69) is 39.3 Å². The number of nitrogens with zero attached hydrogens (tertiary/aromatic N) is 6. The van der Waals surface area contributed by atoms with Crippen LogP contribution in [-0.2, 0) is 15.8 Å². The fourth-order valence-electron chi connectivity index (χ4n) is 4.64. The van der Waals surface area contributed by atoms with Crippen LogP contribution in [0.25, 0.3) is 16.9 Å². The van der Waals surface area contributed by atoms with Crippen LogP contribution in [-0.4, -0.2) is 87.8 Å². The van der Waals surface area contributed by atoms with Gasteiger partial charge in [0.2, 0.25) is 11.8 Å². The molecule has 5 heterocycles. The van der Waals surface area contributed by atoms with Crippen molar-refractivity contribution in [2.24, 2.45) is 11.8 Å². The Hall–Kier alpha value is -2.61. The van der Waals surface area contributed by atoms with E-state index in [-0.39, 0.29) is 29.9 Å². The first-order chi connectivity index (χ1) is 16.5. The molecule has 2 fully saturated rings. The number of H-pyrrole nitrogens is 1. The average Bonchev–Trinajstić information content (AvgIpc) is 3.47. The maximum Gasteiger partial charge on any atom is 0.244 e. The Labute approximate surface area is 199 Å². The van der Waals surface area contributed by atoms with Gasteiger partial charge < -0.3 is 19.3 Å². The average molecular weight is 491 g/mol.